The van der Waals surface area contributed by atoms with Gasteiger partial charge in [-0.15, -0.1) is 0 Å². The van der Waals surface area contributed by atoms with E-state index < -0.39 is 0 Å². The zero-order chi connectivity index (χ0) is 13.1. The van der Waals surface area contributed by atoms with E-state index in [0.29, 0.717) is 11.8 Å². The Balaban J connectivity index is 2.42. The Morgan fingerprint density at radius 1 is 0.611 bits per heavy atom. The van der Waals surface area contributed by atoms with Gasteiger partial charge < -0.3 is 0 Å². The van der Waals surface area contributed by atoms with E-state index in [2.05, 4.69) is 76.2 Å². The van der Waals surface area contributed by atoms with Crippen LogP contribution in [0.3, 0.4) is 0 Å². The Kier molecular flexibility index (Phi) is 3.86. The molecule has 0 N–H and O–H groups in total. The molecule has 18 heavy (non-hydrogen) atoms. The fourth-order valence-corrected chi connectivity index (χ4v) is 2.15. The SMILES string of the molecule is CC(C)c1cccc(-c2cccc(C(C)C)c2)c1. The van der Waals surface area contributed by atoms with Gasteiger partial charge in [-0.1, -0.05) is 76.2 Å². The maximum atomic E-state index is 2.31. The van der Waals surface area contributed by atoms with E-state index in [4.69, 9.17) is 0 Å². The normalized spacial score (nSPS) is 11.2. The van der Waals surface area contributed by atoms with Gasteiger partial charge in [0.15, 0.2) is 0 Å². The van der Waals surface area contributed by atoms with Crippen LogP contribution >= 0.6 is 0 Å². The molecule has 0 saturated heterocycles. The average Bonchev–Trinajstić information content (AvgIpc) is 2.39. The fraction of sp³-hybridized carbons (Fsp3) is 0.333. The third kappa shape index (κ3) is 2.81. The molecule has 0 saturated carbocycles. The van der Waals surface area contributed by atoms with Crippen molar-refractivity contribution in [3.63, 3.8) is 0 Å². The molecule has 0 aliphatic rings. The zero-order valence-corrected chi connectivity index (χ0v) is 11.8. The lowest BCUT2D eigenvalue weighted by molar-refractivity contribution is 0.865. The standard InChI is InChI=1S/C18H22/c1-13(2)15-7-5-9-17(11-15)18-10-6-8-16(12-18)14(3)4/h5-14H,1-4H3. The summed E-state index contributed by atoms with van der Waals surface area (Å²) >= 11 is 0. The largest absolute Gasteiger partial charge is 0.0614 e. The van der Waals surface area contributed by atoms with Gasteiger partial charge in [0.1, 0.15) is 0 Å². The molecule has 0 unspecified atom stereocenters. The molecular formula is C18H22. The Morgan fingerprint density at radius 2 is 1.00 bits per heavy atom. The van der Waals surface area contributed by atoms with Gasteiger partial charge in [0.05, 0.1) is 0 Å². The minimum absolute atomic E-state index is 0.582. The van der Waals surface area contributed by atoms with Crippen molar-refractivity contribution in [2.24, 2.45) is 0 Å². The lowest BCUT2D eigenvalue weighted by atomic mass is 9.94. The first-order valence-corrected chi connectivity index (χ1v) is 6.78. The van der Waals surface area contributed by atoms with Crippen LogP contribution in [0.25, 0.3) is 11.1 Å². The van der Waals surface area contributed by atoms with Crippen molar-refractivity contribution < 1.29 is 0 Å². The molecule has 0 spiro atoms. The summed E-state index contributed by atoms with van der Waals surface area (Å²) in [5.41, 5.74) is 5.46. The number of rotatable bonds is 3. The summed E-state index contributed by atoms with van der Waals surface area (Å²) in [4.78, 5) is 0. The molecule has 2 aromatic carbocycles. The lowest BCUT2D eigenvalue weighted by Crippen LogP contribution is -1.90. The third-order valence-electron chi connectivity index (χ3n) is 3.44. The van der Waals surface area contributed by atoms with Gasteiger partial charge in [0.2, 0.25) is 0 Å². The van der Waals surface area contributed by atoms with Crippen LogP contribution in [0.1, 0.15) is 50.7 Å². The second-order valence-corrected chi connectivity index (χ2v) is 5.56. The quantitative estimate of drug-likeness (QED) is 0.653. The highest BCUT2D eigenvalue weighted by molar-refractivity contribution is 5.65. The minimum Gasteiger partial charge on any atom is -0.0614 e. The maximum absolute atomic E-state index is 2.31. The first-order chi connectivity index (χ1) is 8.58. The summed E-state index contributed by atoms with van der Waals surface area (Å²) in [6.07, 6.45) is 0. The Morgan fingerprint density at radius 3 is 1.33 bits per heavy atom. The van der Waals surface area contributed by atoms with Gasteiger partial charge in [-0.05, 0) is 34.1 Å². The van der Waals surface area contributed by atoms with E-state index in [0.717, 1.165) is 0 Å². The van der Waals surface area contributed by atoms with E-state index >= 15 is 0 Å². The minimum atomic E-state index is 0.582. The maximum Gasteiger partial charge on any atom is -0.0181 e. The molecule has 0 heteroatoms. The van der Waals surface area contributed by atoms with Crippen molar-refractivity contribution in [2.45, 2.75) is 39.5 Å². The monoisotopic (exact) mass is 238 g/mol. The van der Waals surface area contributed by atoms with Crippen LogP contribution in [0.15, 0.2) is 48.5 Å². The Hall–Kier alpha value is -1.56. The van der Waals surface area contributed by atoms with Gasteiger partial charge in [-0.25, -0.2) is 0 Å². The molecule has 94 valence electrons. The number of hydrogen-bond donors (Lipinski definition) is 0. The van der Waals surface area contributed by atoms with Crippen LogP contribution in [0.4, 0.5) is 0 Å². The van der Waals surface area contributed by atoms with Crippen molar-refractivity contribution in [3.05, 3.63) is 59.7 Å². The van der Waals surface area contributed by atoms with Crippen LogP contribution in [0.2, 0.25) is 0 Å². The van der Waals surface area contributed by atoms with Gasteiger partial charge in [-0.3, -0.25) is 0 Å². The number of hydrogen-bond acceptors (Lipinski definition) is 0. The van der Waals surface area contributed by atoms with Crippen molar-refractivity contribution in [1.82, 2.24) is 0 Å². The fourth-order valence-electron chi connectivity index (χ4n) is 2.15. The first kappa shape index (κ1) is 12.9. The molecule has 0 bridgehead atoms. The van der Waals surface area contributed by atoms with E-state index in [1.165, 1.54) is 22.3 Å². The van der Waals surface area contributed by atoms with Crippen LogP contribution < -0.4 is 0 Å². The van der Waals surface area contributed by atoms with Crippen LogP contribution in [0, 0.1) is 0 Å². The molecule has 0 nitrogen and oxygen atoms in total. The van der Waals surface area contributed by atoms with Crippen molar-refractivity contribution in [1.29, 1.82) is 0 Å². The van der Waals surface area contributed by atoms with Crippen LogP contribution in [-0.4, -0.2) is 0 Å². The zero-order valence-electron chi connectivity index (χ0n) is 11.8. The Bertz CT molecular complexity index is 472. The molecule has 2 rings (SSSR count). The predicted molar refractivity (Wildman–Crippen MR) is 80.1 cm³/mol. The summed E-state index contributed by atoms with van der Waals surface area (Å²) in [5, 5.41) is 0. The molecule has 0 aromatic heterocycles. The van der Waals surface area contributed by atoms with Crippen molar-refractivity contribution >= 4 is 0 Å². The van der Waals surface area contributed by atoms with E-state index in [1.54, 1.807) is 0 Å². The summed E-state index contributed by atoms with van der Waals surface area (Å²) in [7, 11) is 0. The highest BCUT2D eigenvalue weighted by Gasteiger charge is 2.04. The molecule has 0 aliphatic heterocycles. The van der Waals surface area contributed by atoms with Crippen LogP contribution in [-0.2, 0) is 0 Å². The summed E-state index contributed by atoms with van der Waals surface area (Å²) in [5.74, 6) is 1.16. The Labute approximate surface area is 111 Å². The smallest absolute Gasteiger partial charge is 0.0181 e. The predicted octanol–water partition coefficient (Wildman–Crippen LogP) is 5.60. The second kappa shape index (κ2) is 5.39. The molecular weight excluding hydrogens is 216 g/mol. The van der Waals surface area contributed by atoms with E-state index in [-0.39, 0.29) is 0 Å². The molecule has 0 heterocycles. The highest BCUT2D eigenvalue weighted by atomic mass is 14.1. The summed E-state index contributed by atoms with van der Waals surface area (Å²) < 4.78 is 0. The molecule has 0 fully saturated rings. The van der Waals surface area contributed by atoms with E-state index in [1.807, 2.05) is 0 Å². The summed E-state index contributed by atoms with van der Waals surface area (Å²) in [6, 6.07) is 17.8. The topological polar surface area (TPSA) is 0 Å². The van der Waals surface area contributed by atoms with Crippen molar-refractivity contribution in [3.8, 4) is 11.1 Å². The van der Waals surface area contributed by atoms with Crippen molar-refractivity contribution in [2.75, 3.05) is 0 Å². The summed E-state index contributed by atoms with van der Waals surface area (Å²) in [6.45, 7) is 8.96. The van der Waals surface area contributed by atoms with Gasteiger partial charge in [0.25, 0.3) is 0 Å². The molecule has 2 aromatic rings. The molecule has 0 aliphatic carbocycles. The molecule has 0 atom stereocenters. The van der Waals surface area contributed by atoms with Gasteiger partial charge >= 0.3 is 0 Å². The highest BCUT2D eigenvalue weighted by Crippen LogP contribution is 2.26. The van der Waals surface area contributed by atoms with Crippen LogP contribution in [0.5, 0.6) is 0 Å². The third-order valence-corrected chi connectivity index (χ3v) is 3.44. The lowest BCUT2D eigenvalue weighted by Gasteiger charge is -2.11. The molecule has 0 radical (unpaired) electrons. The van der Waals surface area contributed by atoms with Gasteiger partial charge in [0, 0.05) is 0 Å². The van der Waals surface area contributed by atoms with Gasteiger partial charge in [-0.2, -0.15) is 0 Å². The average molecular weight is 238 g/mol. The first-order valence-electron chi connectivity index (χ1n) is 6.78. The molecule has 0 amide bonds. The second-order valence-electron chi connectivity index (χ2n) is 5.56. The van der Waals surface area contributed by atoms with E-state index in [9.17, 15) is 0 Å². The number of benzene rings is 2.